The van der Waals surface area contributed by atoms with Crippen LogP contribution in [0.4, 0.5) is 11.5 Å². The summed E-state index contributed by atoms with van der Waals surface area (Å²) in [5.41, 5.74) is 10.3. The lowest BCUT2D eigenvalue weighted by Gasteiger charge is -2.27. The molecule has 1 aromatic heterocycles. The molecular formula is C19H21N6OS+. The van der Waals surface area contributed by atoms with E-state index in [0.29, 0.717) is 41.5 Å². The van der Waals surface area contributed by atoms with Gasteiger partial charge in [-0.3, -0.25) is 9.62 Å². The maximum Gasteiger partial charge on any atom is 0.182 e. The minimum atomic E-state index is -0.742. The van der Waals surface area contributed by atoms with Gasteiger partial charge in [0.05, 0.1) is 11.4 Å². The normalized spacial score (nSPS) is 17.1. The smallest absolute Gasteiger partial charge is 0.182 e. The van der Waals surface area contributed by atoms with Crippen molar-refractivity contribution in [2.24, 2.45) is 0 Å². The molecule has 1 saturated heterocycles. The van der Waals surface area contributed by atoms with Gasteiger partial charge in [0.25, 0.3) is 0 Å². The van der Waals surface area contributed by atoms with Crippen molar-refractivity contribution in [3.8, 4) is 0 Å². The molecular weight excluding hydrogens is 360 g/mol. The van der Waals surface area contributed by atoms with Gasteiger partial charge in [0.15, 0.2) is 12.4 Å². The van der Waals surface area contributed by atoms with Crippen LogP contribution in [0.25, 0.3) is 5.57 Å². The van der Waals surface area contributed by atoms with Crippen LogP contribution in [-0.2, 0) is 10.8 Å². The fourth-order valence-corrected chi connectivity index (χ4v) is 4.24. The van der Waals surface area contributed by atoms with E-state index in [0.717, 1.165) is 17.0 Å². The Kier molecular flexibility index (Phi) is 4.57. The molecule has 0 bridgehead atoms. The highest BCUT2D eigenvalue weighted by atomic mass is 32.2. The molecule has 0 amide bonds. The Morgan fingerprint density at radius 1 is 1.26 bits per heavy atom. The number of benzene rings is 1. The molecule has 1 fully saturated rings. The molecule has 0 atom stereocenters. The average Bonchev–Trinajstić information content (AvgIpc) is 2.66. The van der Waals surface area contributed by atoms with Crippen LogP contribution >= 0.6 is 0 Å². The number of hydrogen-bond acceptors (Lipinski definition) is 6. The summed E-state index contributed by atoms with van der Waals surface area (Å²) in [5.74, 6) is 2.05. The lowest BCUT2D eigenvalue weighted by Crippen LogP contribution is -2.38. The molecule has 8 heteroatoms. The maximum atomic E-state index is 11.6. The van der Waals surface area contributed by atoms with Gasteiger partial charge in [-0.25, -0.2) is 14.5 Å². The van der Waals surface area contributed by atoms with E-state index in [1.807, 2.05) is 48.3 Å². The fourth-order valence-electron chi connectivity index (χ4n) is 3.19. The molecule has 2 aromatic rings. The van der Waals surface area contributed by atoms with Crippen LogP contribution in [-0.4, -0.2) is 62.3 Å². The lowest BCUT2D eigenvalue weighted by atomic mass is 9.97. The third-order valence-electron chi connectivity index (χ3n) is 4.75. The monoisotopic (exact) mass is 381 g/mol. The number of allylic oxidation sites excluding steroid dienone is 1. The summed E-state index contributed by atoms with van der Waals surface area (Å²) in [6.45, 7) is 1.40. The Morgan fingerprint density at radius 2 is 2.00 bits per heavy atom. The predicted molar refractivity (Wildman–Crippen MR) is 109 cm³/mol. The quantitative estimate of drug-likeness (QED) is 0.470. The number of hydrogen-bond donors (Lipinski definition) is 2. The predicted octanol–water partition coefficient (Wildman–Crippen LogP) is 1.11. The zero-order valence-electron chi connectivity index (χ0n) is 15.1. The molecule has 2 aliphatic rings. The first-order chi connectivity index (χ1) is 13.0. The van der Waals surface area contributed by atoms with Gasteiger partial charge in [0.2, 0.25) is 0 Å². The van der Waals surface area contributed by atoms with Gasteiger partial charge in [-0.1, -0.05) is 6.07 Å². The summed E-state index contributed by atoms with van der Waals surface area (Å²) in [6.07, 6.45) is 5.53. The summed E-state index contributed by atoms with van der Waals surface area (Å²) in [5, 5.41) is 8.63. The first-order valence-corrected chi connectivity index (χ1v) is 10.2. The van der Waals surface area contributed by atoms with E-state index in [4.69, 9.17) is 11.1 Å². The largest absolute Gasteiger partial charge is 0.398 e. The number of nitrogens with zero attached hydrogens (tertiary/aromatic N) is 4. The molecule has 1 aromatic carbocycles. The van der Waals surface area contributed by atoms with Gasteiger partial charge in [0, 0.05) is 52.7 Å². The van der Waals surface area contributed by atoms with Crippen LogP contribution < -0.4 is 10.6 Å². The van der Waals surface area contributed by atoms with Crippen LogP contribution in [0, 0.1) is 5.41 Å². The maximum absolute atomic E-state index is 11.6. The number of nitrogen functional groups attached to an aromatic ring is 1. The Hall–Kier alpha value is -2.87. The SMILES string of the molecule is C[N+]1=CC(c2ccc(N)c(C(=N)c3cc(N4CCS(=O)CC4)ncn3)c2)=C1. The second kappa shape index (κ2) is 7.03. The van der Waals surface area contributed by atoms with Crippen molar-refractivity contribution in [1.82, 2.24) is 9.97 Å². The van der Waals surface area contributed by atoms with Crippen LogP contribution in [0.15, 0.2) is 36.8 Å². The molecule has 0 saturated carbocycles. The van der Waals surface area contributed by atoms with E-state index in [9.17, 15) is 4.21 Å². The van der Waals surface area contributed by atoms with E-state index in [1.54, 1.807) is 0 Å². The first kappa shape index (κ1) is 17.5. The van der Waals surface area contributed by atoms with Gasteiger partial charge in [-0.15, -0.1) is 0 Å². The van der Waals surface area contributed by atoms with Crippen LogP contribution in [0.5, 0.6) is 0 Å². The van der Waals surface area contributed by atoms with Crippen LogP contribution in [0.2, 0.25) is 0 Å². The molecule has 0 aliphatic carbocycles. The number of anilines is 2. The summed E-state index contributed by atoms with van der Waals surface area (Å²) in [4.78, 5) is 10.7. The topological polar surface area (TPSA) is 99.0 Å². The van der Waals surface area contributed by atoms with Crippen molar-refractivity contribution in [2.45, 2.75) is 0 Å². The Balaban J connectivity index is 1.61. The number of aromatic nitrogens is 2. The van der Waals surface area contributed by atoms with Gasteiger partial charge >= 0.3 is 0 Å². The Labute approximate surface area is 160 Å². The molecule has 0 radical (unpaired) electrons. The molecule has 27 heavy (non-hydrogen) atoms. The van der Waals surface area contributed by atoms with Gasteiger partial charge in [-0.05, 0) is 17.7 Å². The van der Waals surface area contributed by atoms with E-state index in [2.05, 4.69) is 14.9 Å². The second-order valence-corrected chi connectivity index (χ2v) is 8.35. The molecule has 4 rings (SSSR count). The summed E-state index contributed by atoms with van der Waals surface area (Å²) in [6, 6.07) is 7.53. The lowest BCUT2D eigenvalue weighted by molar-refractivity contribution is -0.423. The minimum Gasteiger partial charge on any atom is -0.398 e. The summed E-state index contributed by atoms with van der Waals surface area (Å²) in [7, 11) is 1.23. The third kappa shape index (κ3) is 3.52. The third-order valence-corrected chi connectivity index (χ3v) is 6.03. The van der Waals surface area contributed by atoms with Crippen molar-refractivity contribution in [1.29, 1.82) is 5.41 Å². The zero-order valence-corrected chi connectivity index (χ0v) is 15.9. The first-order valence-electron chi connectivity index (χ1n) is 8.71. The second-order valence-electron chi connectivity index (χ2n) is 6.65. The van der Waals surface area contributed by atoms with Gasteiger partial charge < -0.3 is 10.6 Å². The Morgan fingerprint density at radius 3 is 2.70 bits per heavy atom. The van der Waals surface area contributed by atoms with Crippen molar-refractivity contribution >= 4 is 39.8 Å². The molecule has 138 valence electrons. The van der Waals surface area contributed by atoms with Gasteiger partial charge in [0.1, 0.15) is 24.8 Å². The van der Waals surface area contributed by atoms with E-state index < -0.39 is 10.8 Å². The standard InChI is InChI=1S/C19H21N6OS/c1-24-10-14(11-24)13-2-3-16(20)15(8-13)19(21)17-9-18(23-12-22-17)25-4-6-27(26)7-5-25/h2-3,8-12,21H,4-7,20H2,1H3/q+1. The summed E-state index contributed by atoms with van der Waals surface area (Å²) >= 11 is 0. The van der Waals surface area contributed by atoms with Crippen molar-refractivity contribution in [3.05, 3.63) is 53.6 Å². The molecule has 0 unspecified atom stereocenters. The number of nitrogens with two attached hydrogens (primary N) is 1. The fraction of sp³-hybridized carbons (Fsp3) is 0.263. The van der Waals surface area contributed by atoms with E-state index in [-0.39, 0.29) is 5.71 Å². The number of rotatable bonds is 4. The molecule has 3 heterocycles. The van der Waals surface area contributed by atoms with Crippen LogP contribution in [0.3, 0.4) is 0 Å². The van der Waals surface area contributed by atoms with Crippen molar-refractivity contribution in [2.75, 3.05) is 42.3 Å². The van der Waals surface area contributed by atoms with Crippen molar-refractivity contribution < 1.29 is 8.78 Å². The van der Waals surface area contributed by atoms with Gasteiger partial charge in [-0.2, -0.15) is 0 Å². The highest BCUT2D eigenvalue weighted by Gasteiger charge is 2.20. The van der Waals surface area contributed by atoms with Crippen LogP contribution in [0.1, 0.15) is 16.8 Å². The highest BCUT2D eigenvalue weighted by Crippen LogP contribution is 2.24. The average molecular weight is 381 g/mol. The highest BCUT2D eigenvalue weighted by molar-refractivity contribution is 7.85. The molecule has 2 aliphatic heterocycles. The zero-order chi connectivity index (χ0) is 19.0. The number of nitrogens with one attached hydrogen (secondary N) is 1. The molecule has 7 nitrogen and oxygen atoms in total. The molecule has 3 N–H and O–H groups in total. The van der Waals surface area contributed by atoms with Crippen molar-refractivity contribution in [3.63, 3.8) is 0 Å². The van der Waals surface area contributed by atoms with E-state index >= 15 is 0 Å². The Bertz CT molecular complexity index is 1000. The summed E-state index contributed by atoms with van der Waals surface area (Å²) < 4.78 is 13.6. The minimum absolute atomic E-state index is 0.270. The molecule has 0 spiro atoms. The van der Waals surface area contributed by atoms with E-state index in [1.165, 1.54) is 6.33 Å².